The van der Waals surface area contributed by atoms with Crippen molar-refractivity contribution in [2.45, 2.75) is 20.4 Å². The monoisotopic (exact) mass is 314 g/mol. The van der Waals surface area contributed by atoms with Gasteiger partial charge in [0.15, 0.2) is 5.82 Å². The summed E-state index contributed by atoms with van der Waals surface area (Å²) >= 11 is 9.46. The fourth-order valence-electron chi connectivity index (χ4n) is 1.58. The molecule has 2 N–H and O–H groups in total. The van der Waals surface area contributed by atoms with E-state index in [4.69, 9.17) is 17.3 Å². The molecule has 2 aromatic heterocycles. The molecule has 0 aliphatic rings. The SMILES string of the molecule is Cc1nn(-c2ccc(Cl)c(CN)n2)c(C)c1Br. The van der Waals surface area contributed by atoms with E-state index >= 15 is 0 Å². The van der Waals surface area contributed by atoms with Crippen molar-refractivity contribution in [3.05, 3.63) is 38.7 Å². The highest BCUT2D eigenvalue weighted by atomic mass is 79.9. The summed E-state index contributed by atoms with van der Waals surface area (Å²) in [5, 5.41) is 4.99. The second-order valence-corrected chi connectivity index (χ2v) is 4.90. The van der Waals surface area contributed by atoms with Crippen LogP contribution >= 0.6 is 27.5 Å². The Kier molecular flexibility index (Phi) is 3.51. The molecular formula is C11H12BrClN4. The molecule has 2 heterocycles. The number of halogens is 2. The van der Waals surface area contributed by atoms with Crippen molar-refractivity contribution in [3.8, 4) is 5.82 Å². The summed E-state index contributed by atoms with van der Waals surface area (Å²) in [5.74, 6) is 0.723. The zero-order valence-corrected chi connectivity index (χ0v) is 11.9. The summed E-state index contributed by atoms with van der Waals surface area (Å²) in [7, 11) is 0. The molecule has 0 aromatic carbocycles. The van der Waals surface area contributed by atoms with Crippen LogP contribution in [0.3, 0.4) is 0 Å². The fraction of sp³-hybridized carbons (Fsp3) is 0.273. The third-order valence-electron chi connectivity index (χ3n) is 2.52. The van der Waals surface area contributed by atoms with Crippen LogP contribution in [0.15, 0.2) is 16.6 Å². The quantitative estimate of drug-likeness (QED) is 0.927. The van der Waals surface area contributed by atoms with Gasteiger partial charge in [0, 0.05) is 6.54 Å². The topological polar surface area (TPSA) is 56.7 Å². The van der Waals surface area contributed by atoms with Crippen LogP contribution in [0.25, 0.3) is 5.82 Å². The van der Waals surface area contributed by atoms with E-state index in [0.717, 1.165) is 21.7 Å². The molecule has 90 valence electrons. The highest BCUT2D eigenvalue weighted by Gasteiger charge is 2.12. The van der Waals surface area contributed by atoms with E-state index in [1.165, 1.54) is 0 Å². The predicted molar refractivity (Wildman–Crippen MR) is 71.4 cm³/mol. The van der Waals surface area contributed by atoms with E-state index in [1.807, 2.05) is 19.9 Å². The van der Waals surface area contributed by atoms with Crippen LogP contribution in [0.1, 0.15) is 17.1 Å². The van der Waals surface area contributed by atoms with Gasteiger partial charge in [0.1, 0.15) is 0 Å². The number of aromatic nitrogens is 3. The summed E-state index contributed by atoms with van der Waals surface area (Å²) in [5.41, 5.74) is 8.18. The van der Waals surface area contributed by atoms with E-state index < -0.39 is 0 Å². The van der Waals surface area contributed by atoms with Gasteiger partial charge in [-0.1, -0.05) is 11.6 Å². The molecule has 6 heteroatoms. The smallest absolute Gasteiger partial charge is 0.154 e. The lowest BCUT2D eigenvalue weighted by Crippen LogP contribution is -2.07. The normalized spacial score (nSPS) is 10.9. The molecule has 2 rings (SSSR count). The first-order valence-corrected chi connectivity index (χ1v) is 6.29. The van der Waals surface area contributed by atoms with E-state index in [9.17, 15) is 0 Å². The first kappa shape index (κ1) is 12.5. The molecule has 0 aliphatic heterocycles. The lowest BCUT2D eigenvalue weighted by molar-refractivity contribution is 0.794. The maximum absolute atomic E-state index is 5.98. The number of hydrogen-bond donors (Lipinski definition) is 1. The van der Waals surface area contributed by atoms with Crippen LogP contribution in [0.2, 0.25) is 5.02 Å². The first-order chi connectivity index (χ1) is 8.04. The van der Waals surface area contributed by atoms with Gasteiger partial charge >= 0.3 is 0 Å². The van der Waals surface area contributed by atoms with E-state index in [1.54, 1.807) is 10.7 Å². The Hall–Kier alpha value is -0.910. The summed E-state index contributed by atoms with van der Waals surface area (Å²) in [4.78, 5) is 4.40. The van der Waals surface area contributed by atoms with Crippen molar-refractivity contribution in [1.82, 2.24) is 14.8 Å². The molecule has 0 bridgehead atoms. The van der Waals surface area contributed by atoms with Gasteiger partial charge in [-0.2, -0.15) is 5.10 Å². The van der Waals surface area contributed by atoms with Crippen LogP contribution in [-0.2, 0) is 6.54 Å². The molecule has 2 aromatic rings. The minimum absolute atomic E-state index is 0.313. The van der Waals surface area contributed by atoms with E-state index in [0.29, 0.717) is 17.3 Å². The average molecular weight is 316 g/mol. The van der Waals surface area contributed by atoms with Crippen molar-refractivity contribution in [1.29, 1.82) is 0 Å². The Labute approximate surface area is 113 Å². The van der Waals surface area contributed by atoms with Crippen LogP contribution in [-0.4, -0.2) is 14.8 Å². The van der Waals surface area contributed by atoms with Crippen LogP contribution < -0.4 is 5.73 Å². The van der Waals surface area contributed by atoms with Crippen molar-refractivity contribution in [3.63, 3.8) is 0 Å². The van der Waals surface area contributed by atoms with Crippen molar-refractivity contribution < 1.29 is 0 Å². The molecule has 0 saturated carbocycles. The summed E-state index contributed by atoms with van der Waals surface area (Å²) in [6.45, 7) is 4.23. The van der Waals surface area contributed by atoms with E-state index in [-0.39, 0.29) is 0 Å². The van der Waals surface area contributed by atoms with Gasteiger partial charge in [-0.05, 0) is 41.9 Å². The Morgan fingerprint density at radius 1 is 1.41 bits per heavy atom. The third kappa shape index (κ3) is 2.22. The zero-order chi connectivity index (χ0) is 12.6. The molecule has 0 spiro atoms. The highest BCUT2D eigenvalue weighted by Crippen LogP contribution is 2.23. The van der Waals surface area contributed by atoms with Gasteiger partial charge < -0.3 is 5.73 Å². The molecule has 0 saturated heterocycles. The largest absolute Gasteiger partial charge is 0.325 e. The minimum atomic E-state index is 0.313. The number of nitrogens with zero attached hydrogens (tertiary/aromatic N) is 3. The maximum Gasteiger partial charge on any atom is 0.154 e. The number of nitrogens with two attached hydrogens (primary N) is 1. The van der Waals surface area contributed by atoms with Crippen molar-refractivity contribution >= 4 is 27.5 Å². The number of rotatable bonds is 2. The average Bonchev–Trinajstić information content (AvgIpc) is 2.58. The lowest BCUT2D eigenvalue weighted by Gasteiger charge is -2.06. The number of pyridine rings is 1. The Morgan fingerprint density at radius 2 is 2.12 bits per heavy atom. The minimum Gasteiger partial charge on any atom is -0.325 e. The second kappa shape index (κ2) is 4.76. The molecule has 0 amide bonds. The van der Waals surface area contributed by atoms with Crippen LogP contribution in [0.4, 0.5) is 0 Å². The molecule has 17 heavy (non-hydrogen) atoms. The lowest BCUT2D eigenvalue weighted by atomic mass is 10.3. The molecule has 0 atom stereocenters. The zero-order valence-electron chi connectivity index (χ0n) is 9.54. The van der Waals surface area contributed by atoms with Crippen molar-refractivity contribution in [2.75, 3.05) is 0 Å². The summed E-state index contributed by atoms with van der Waals surface area (Å²) in [6.07, 6.45) is 0. The van der Waals surface area contributed by atoms with Gasteiger partial charge in [0.05, 0.1) is 26.6 Å². The van der Waals surface area contributed by atoms with Crippen LogP contribution in [0, 0.1) is 13.8 Å². The van der Waals surface area contributed by atoms with Gasteiger partial charge in [0.2, 0.25) is 0 Å². The molecule has 0 unspecified atom stereocenters. The Balaban J connectivity index is 2.57. The van der Waals surface area contributed by atoms with E-state index in [2.05, 4.69) is 26.0 Å². The Morgan fingerprint density at radius 3 is 2.65 bits per heavy atom. The fourth-order valence-corrected chi connectivity index (χ4v) is 2.01. The van der Waals surface area contributed by atoms with Gasteiger partial charge in [-0.15, -0.1) is 0 Å². The predicted octanol–water partition coefficient (Wildman–Crippen LogP) is 2.76. The third-order valence-corrected chi connectivity index (χ3v) is 4.01. The molecule has 0 fully saturated rings. The number of aryl methyl sites for hydroxylation is 1. The number of hydrogen-bond acceptors (Lipinski definition) is 3. The van der Waals surface area contributed by atoms with Crippen molar-refractivity contribution in [2.24, 2.45) is 5.73 Å². The van der Waals surface area contributed by atoms with Gasteiger partial charge in [0.25, 0.3) is 0 Å². The Bertz CT molecular complexity index is 565. The molecular weight excluding hydrogens is 304 g/mol. The first-order valence-electron chi connectivity index (χ1n) is 5.12. The summed E-state index contributed by atoms with van der Waals surface area (Å²) < 4.78 is 2.76. The molecule has 0 radical (unpaired) electrons. The molecule has 0 aliphatic carbocycles. The van der Waals surface area contributed by atoms with Gasteiger partial charge in [-0.25, -0.2) is 9.67 Å². The maximum atomic E-state index is 5.98. The second-order valence-electron chi connectivity index (χ2n) is 3.70. The molecule has 4 nitrogen and oxygen atoms in total. The highest BCUT2D eigenvalue weighted by molar-refractivity contribution is 9.10. The van der Waals surface area contributed by atoms with Crippen LogP contribution in [0.5, 0.6) is 0 Å². The standard InChI is InChI=1S/C11H12BrClN4/c1-6-11(12)7(2)17(16-6)10-4-3-8(13)9(5-14)15-10/h3-4H,5,14H2,1-2H3. The summed E-state index contributed by atoms with van der Waals surface area (Å²) in [6, 6.07) is 3.61. The van der Waals surface area contributed by atoms with Gasteiger partial charge in [-0.3, -0.25) is 0 Å².